The molecule has 0 aliphatic heterocycles. The van der Waals surface area contributed by atoms with E-state index in [0.29, 0.717) is 5.56 Å². The fourth-order valence-electron chi connectivity index (χ4n) is 1.62. The monoisotopic (exact) mass is 328 g/mol. The summed E-state index contributed by atoms with van der Waals surface area (Å²) in [6.07, 6.45) is -2.35. The summed E-state index contributed by atoms with van der Waals surface area (Å²) in [5, 5.41) is 0.789. The number of pyridine rings is 1. The molecule has 0 aliphatic rings. The van der Waals surface area contributed by atoms with Gasteiger partial charge in [0.25, 0.3) is 10.0 Å². The van der Waals surface area contributed by atoms with Crippen molar-refractivity contribution in [2.45, 2.75) is 6.18 Å². The van der Waals surface area contributed by atoms with E-state index in [1.165, 1.54) is 6.08 Å². The Kier molecular flexibility index (Phi) is 4.51. The Morgan fingerprint density at radius 2 is 1.73 bits per heavy atom. The molecule has 2 rings (SSSR count). The third-order valence-electron chi connectivity index (χ3n) is 2.59. The van der Waals surface area contributed by atoms with E-state index in [9.17, 15) is 21.6 Å². The van der Waals surface area contributed by atoms with Crippen molar-refractivity contribution in [3.8, 4) is 0 Å². The Morgan fingerprint density at radius 1 is 1.05 bits per heavy atom. The Balaban J connectivity index is 2.25. The van der Waals surface area contributed by atoms with Gasteiger partial charge < -0.3 is 0 Å². The van der Waals surface area contributed by atoms with Gasteiger partial charge in [0.15, 0.2) is 5.82 Å². The second-order valence-corrected chi connectivity index (χ2v) is 5.82. The maximum Gasteiger partial charge on any atom is 0.419 e. The third-order valence-corrected chi connectivity index (χ3v) is 3.56. The van der Waals surface area contributed by atoms with Crippen LogP contribution in [-0.2, 0) is 16.2 Å². The van der Waals surface area contributed by atoms with Crippen LogP contribution < -0.4 is 4.72 Å². The summed E-state index contributed by atoms with van der Waals surface area (Å²) in [4.78, 5) is 3.44. The van der Waals surface area contributed by atoms with Crippen LogP contribution in [0.5, 0.6) is 0 Å². The highest BCUT2D eigenvalue weighted by Crippen LogP contribution is 2.33. The third kappa shape index (κ3) is 4.32. The summed E-state index contributed by atoms with van der Waals surface area (Å²) in [5.74, 6) is -0.757. The van der Waals surface area contributed by atoms with Gasteiger partial charge in [0.05, 0.1) is 11.0 Å². The Morgan fingerprint density at radius 3 is 2.36 bits per heavy atom. The maximum absolute atomic E-state index is 12.8. The highest BCUT2D eigenvalue weighted by molar-refractivity contribution is 7.95. The standard InChI is InChI=1S/C14H11F3N2O2S/c15-14(16,17)12-7-4-9-18-13(12)19-22(20,21)10-8-11-5-2-1-3-6-11/h1-10H,(H,18,19)/b10-8+. The molecule has 1 heterocycles. The molecule has 0 atom stereocenters. The number of hydrogen-bond acceptors (Lipinski definition) is 3. The number of hydrogen-bond donors (Lipinski definition) is 1. The first-order valence-electron chi connectivity index (χ1n) is 6.06. The van der Waals surface area contributed by atoms with Gasteiger partial charge in [0.1, 0.15) is 0 Å². The second kappa shape index (κ2) is 6.18. The topological polar surface area (TPSA) is 59.1 Å². The number of anilines is 1. The molecule has 1 aromatic heterocycles. The number of aromatic nitrogens is 1. The van der Waals surface area contributed by atoms with E-state index < -0.39 is 27.6 Å². The minimum atomic E-state index is -4.70. The zero-order valence-electron chi connectivity index (χ0n) is 11.1. The second-order valence-electron chi connectivity index (χ2n) is 4.26. The highest BCUT2D eigenvalue weighted by atomic mass is 32.2. The van der Waals surface area contributed by atoms with Crippen LogP contribution in [0.25, 0.3) is 6.08 Å². The van der Waals surface area contributed by atoms with E-state index in [4.69, 9.17) is 0 Å². The molecule has 0 saturated carbocycles. The predicted molar refractivity (Wildman–Crippen MR) is 77.3 cm³/mol. The number of rotatable bonds is 4. The summed E-state index contributed by atoms with van der Waals surface area (Å²) < 4.78 is 63.9. The lowest BCUT2D eigenvalue weighted by Crippen LogP contribution is -2.16. The van der Waals surface area contributed by atoms with Crippen LogP contribution in [0.4, 0.5) is 19.0 Å². The summed E-state index contributed by atoms with van der Waals surface area (Å²) >= 11 is 0. The van der Waals surface area contributed by atoms with Crippen LogP contribution in [0, 0.1) is 0 Å². The van der Waals surface area contributed by atoms with E-state index in [-0.39, 0.29) is 0 Å². The Labute approximate surface area is 125 Å². The van der Waals surface area contributed by atoms with Crippen LogP contribution in [0.15, 0.2) is 54.1 Å². The molecule has 1 aromatic carbocycles. The zero-order chi connectivity index (χ0) is 16.2. The zero-order valence-corrected chi connectivity index (χ0v) is 11.9. The average molecular weight is 328 g/mol. The first-order valence-corrected chi connectivity index (χ1v) is 7.61. The van der Waals surface area contributed by atoms with Gasteiger partial charge in [-0.3, -0.25) is 4.72 Å². The number of nitrogens with one attached hydrogen (secondary N) is 1. The van der Waals surface area contributed by atoms with Crippen molar-refractivity contribution < 1.29 is 21.6 Å². The lowest BCUT2D eigenvalue weighted by Gasteiger charge is -2.11. The van der Waals surface area contributed by atoms with Crippen molar-refractivity contribution >= 4 is 21.9 Å². The van der Waals surface area contributed by atoms with Gasteiger partial charge in [-0.25, -0.2) is 13.4 Å². The fourth-order valence-corrected chi connectivity index (χ4v) is 2.45. The summed E-state index contributed by atoms with van der Waals surface area (Å²) in [5.41, 5.74) is -0.545. The molecule has 0 bridgehead atoms. The molecule has 0 radical (unpaired) electrons. The van der Waals surface area contributed by atoms with Crippen LogP contribution in [0.2, 0.25) is 0 Å². The van der Waals surface area contributed by atoms with Crippen LogP contribution in [-0.4, -0.2) is 13.4 Å². The minimum absolute atomic E-state index is 0.602. The molecule has 0 fully saturated rings. The number of alkyl halides is 3. The normalized spacial score (nSPS) is 12.5. The lowest BCUT2D eigenvalue weighted by atomic mass is 10.2. The van der Waals surface area contributed by atoms with Crippen molar-refractivity contribution in [3.63, 3.8) is 0 Å². The van der Waals surface area contributed by atoms with Gasteiger partial charge in [0, 0.05) is 6.20 Å². The van der Waals surface area contributed by atoms with Crippen LogP contribution in [0.3, 0.4) is 0 Å². The molecular weight excluding hydrogens is 317 g/mol. The fraction of sp³-hybridized carbons (Fsp3) is 0.0714. The van der Waals surface area contributed by atoms with Gasteiger partial charge in [0.2, 0.25) is 0 Å². The highest BCUT2D eigenvalue weighted by Gasteiger charge is 2.34. The maximum atomic E-state index is 12.8. The lowest BCUT2D eigenvalue weighted by molar-refractivity contribution is -0.137. The van der Waals surface area contributed by atoms with E-state index >= 15 is 0 Å². The number of nitrogens with zero attached hydrogens (tertiary/aromatic N) is 1. The van der Waals surface area contributed by atoms with Gasteiger partial charge in [-0.15, -0.1) is 0 Å². The van der Waals surface area contributed by atoms with Crippen LogP contribution >= 0.6 is 0 Å². The quantitative estimate of drug-likeness (QED) is 0.934. The Hall–Kier alpha value is -2.35. The molecule has 0 amide bonds. The summed E-state index contributed by atoms with van der Waals surface area (Å²) in [6.45, 7) is 0. The number of sulfonamides is 1. The molecule has 2 aromatic rings. The molecule has 4 nitrogen and oxygen atoms in total. The minimum Gasteiger partial charge on any atom is -0.263 e. The summed E-state index contributed by atoms with van der Waals surface area (Å²) in [6, 6.07) is 10.3. The van der Waals surface area contributed by atoms with Crippen molar-refractivity contribution in [1.82, 2.24) is 4.98 Å². The molecule has 0 unspecified atom stereocenters. The first-order chi connectivity index (χ1) is 10.3. The largest absolute Gasteiger partial charge is 0.419 e. The molecule has 0 saturated heterocycles. The van der Waals surface area contributed by atoms with Crippen molar-refractivity contribution in [2.75, 3.05) is 4.72 Å². The van der Waals surface area contributed by atoms with Gasteiger partial charge >= 0.3 is 6.18 Å². The Bertz CT molecular complexity index is 772. The van der Waals surface area contributed by atoms with Crippen molar-refractivity contribution in [1.29, 1.82) is 0 Å². The van der Waals surface area contributed by atoms with Crippen LogP contribution in [0.1, 0.15) is 11.1 Å². The SMILES string of the molecule is O=S(=O)(/C=C/c1ccccc1)Nc1ncccc1C(F)(F)F. The van der Waals surface area contributed by atoms with Crippen molar-refractivity contribution in [3.05, 3.63) is 65.2 Å². The van der Waals surface area contributed by atoms with Crippen molar-refractivity contribution in [2.24, 2.45) is 0 Å². The molecule has 22 heavy (non-hydrogen) atoms. The van der Waals surface area contributed by atoms with E-state index in [1.54, 1.807) is 30.3 Å². The smallest absolute Gasteiger partial charge is 0.263 e. The van der Waals surface area contributed by atoms with Gasteiger partial charge in [-0.2, -0.15) is 13.2 Å². The molecule has 8 heteroatoms. The molecule has 0 aliphatic carbocycles. The number of halogens is 3. The summed E-state index contributed by atoms with van der Waals surface area (Å²) in [7, 11) is -4.11. The molecule has 116 valence electrons. The number of benzene rings is 1. The van der Waals surface area contributed by atoms with E-state index in [0.717, 1.165) is 23.7 Å². The molecule has 0 spiro atoms. The first kappa shape index (κ1) is 16.0. The van der Waals surface area contributed by atoms with Gasteiger partial charge in [-0.1, -0.05) is 30.3 Å². The predicted octanol–water partition coefficient (Wildman–Crippen LogP) is 3.51. The average Bonchev–Trinajstić information content (AvgIpc) is 2.45. The molecular formula is C14H11F3N2O2S. The van der Waals surface area contributed by atoms with E-state index in [1.807, 2.05) is 4.72 Å². The van der Waals surface area contributed by atoms with Gasteiger partial charge in [-0.05, 0) is 23.8 Å². The molecule has 1 N–H and O–H groups in total. The van der Waals surface area contributed by atoms with E-state index in [2.05, 4.69) is 4.98 Å².